The lowest BCUT2D eigenvalue weighted by Crippen LogP contribution is -2.06. The summed E-state index contributed by atoms with van der Waals surface area (Å²) in [6.07, 6.45) is 1.68. The van der Waals surface area contributed by atoms with E-state index in [4.69, 9.17) is 15.7 Å². The van der Waals surface area contributed by atoms with Gasteiger partial charge in [-0.25, -0.2) is 0 Å². The second-order valence-corrected chi connectivity index (χ2v) is 5.05. The van der Waals surface area contributed by atoms with Gasteiger partial charge in [0.25, 0.3) is 0 Å². The highest BCUT2D eigenvalue weighted by Crippen LogP contribution is 2.35. The molecule has 0 aliphatic rings. The predicted molar refractivity (Wildman–Crippen MR) is 85.9 cm³/mol. The molecule has 0 atom stereocenters. The fourth-order valence-corrected chi connectivity index (χ4v) is 2.58. The fourth-order valence-electron chi connectivity index (χ4n) is 2.58. The van der Waals surface area contributed by atoms with Crippen LogP contribution in [0.5, 0.6) is 5.75 Å². The van der Waals surface area contributed by atoms with Crippen molar-refractivity contribution < 1.29 is 4.74 Å². The molecule has 3 rings (SSSR count). The number of hydrogen-bond acceptors (Lipinski definition) is 6. The van der Waals surface area contributed by atoms with E-state index in [-0.39, 0.29) is 11.5 Å². The van der Waals surface area contributed by atoms with Gasteiger partial charge in [-0.3, -0.25) is 0 Å². The molecular formula is C16H16N6O. The Balaban J connectivity index is 2.37. The monoisotopic (exact) mass is 308 g/mol. The summed E-state index contributed by atoms with van der Waals surface area (Å²) in [5, 5.41) is 21.7. The molecule has 0 aliphatic heterocycles. The third-order valence-corrected chi connectivity index (χ3v) is 3.62. The zero-order chi connectivity index (χ0) is 16.4. The summed E-state index contributed by atoms with van der Waals surface area (Å²) in [7, 11) is 1.62. The SMILES string of the molecule is CCCc1nn2c(N)c(C#N)nnc2c1-c1ccccc1OC. The van der Waals surface area contributed by atoms with E-state index in [1.165, 1.54) is 4.52 Å². The first kappa shape index (κ1) is 14.8. The molecule has 23 heavy (non-hydrogen) atoms. The third kappa shape index (κ3) is 2.34. The van der Waals surface area contributed by atoms with Crippen LogP contribution >= 0.6 is 0 Å². The van der Waals surface area contributed by atoms with Crippen molar-refractivity contribution >= 4 is 11.5 Å². The maximum Gasteiger partial charge on any atom is 0.205 e. The van der Waals surface area contributed by atoms with Crippen LogP contribution in [0.15, 0.2) is 24.3 Å². The van der Waals surface area contributed by atoms with Crippen molar-refractivity contribution in [1.82, 2.24) is 19.8 Å². The van der Waals surface area contributed by atoms with Crippen LogP contribution in [0, 0.1) is 11.3 Å². The summed E-state index contributed by atoms with van der Waals surface area (Å²) in [5.74, 6) is 0.917. The average Bonchev–Trinajstić information content (AvgIpc) is 2.94. The van der Waals surface area contributed by atoms with E-state index in [1.807, 2.05) is 30.3 Å². The highest BCUT2D eigenvalue weighted by Gasteiger charge is 2.21. The van der Waals surface area contributed by atoms with Crippen molar-refractivity contribution in [2.24, 2.45) is 0 Å². The zero-order valence-electron chi connectivity index (χ0n) is 12.9. The van der Waals surface area contributed by atoms with Gasteiger partial charge >= 0.3 is 0 Å². The number of hydrogen-bond donors (Lipinski definition) is 1. The van der Waals surface area contributed by atoms with Crippen LogP contribution in [-0.4, -0.2) is 26.9 Å². The van der Waals surface area contributed by atoms with Crippen LogP contribution < -0.4 is 10.5 Å². The molecule has 0 saturated heterocycles. The van der Waals surface area contributed by atoms with Crippen LogP contribution in [0.25, 0.3) is 16.8 Å². The third-order valence-electron chi connectivity index (χ3n) is 3.62. The molecule has 7 heteroatoms. The molecule has 0 aliphatic carbocycles. The van der Waals surface area contributed by atoms with Crippen LogP contribution in [0.2, 0.25) is 0 Å². The molecule has 0 amide bonds. The van der Waals surface area contributed by atoms with Gasteiger partial charge in [-0.1, -0.05) is 31.5 Å². The molecule has 3 aromatic rings. The summed E-state index contributed by atoms with van der Waals surface area (Å²) in [6.45, 7) is 2.08. The van der Waals surface area contributed by atoms with Crippen molar-refractivity contribution in [2.75, 3.05) is 12.8 Å². The van der Waals surface area contributed by atoms with E-state index in [1.54, 1.807) is 7.11 Å². The topological polar surface area (TPSA) is 102 Å². The molecule has 1 aromatic carbocycles. The van der Waals surface area contributed by atoms with E-state index >= 15 is 0 Å². The number of aromatic nitrogens is 4. The Labute approximate surface area is 133 Å². The number of benzene rings is 1. The van der Waals surface area contributed by atoms with Crippen molar-refractivity contribution in [1.29, 1.82) is 5.26 Å². The van der Waals surface area contributed by atoms with Gasteiger partial charge in [-0.15, -0.1) is 10.2 Å². The number of aryl methyl sites for hydroxylation is 1. The standard InChI is InChI=1S/C16H16N6O/c1-3-6-11-14(10-7-4-5-8-13(10)23-2)16-20-19-12(9-17)15(18)22(16)21-11/h4-5,7-8H,3,6,18H2,1-2H3. The summed E-state index contributed by atoms with van der Waals surface area (Å²) in [4.78, 5) is 0. The second-order valence-electron chi connectivity index (χ2n) is 5.05. The van der Waals surface area contributed by atoms with Gasteiger partial charge in [0.1, 0.15) is 11.8 Å². The Kier molecular flexibility index (Phi) is 3.81. The molecule has 2 aromatic heterocycles. The summed E-state index contributed by atoms with van der Waals surface area (Å²) in [5.41, 5.74) is 9.16. The highest BCUT2D eigenvalue weighted by atomic mass is 16.5. The molecule has 0 bridgehead atoms. The first-order valence-corrected chi connectivity index (χ1v) is 7.28. The van der Waals surface area contributed by atoms with Crippen LogP contribution in [-0.2, 0) is 6.42 Å². The molecular weight excluding hydrogens is 292 g/mol. The maximum absolute atomic E-state index is 9.06. The van der Waals surface area contributed by atoms with Gasteiger partial charge in [0.05, 0.1) is 18.4 Å². The number of para-hydroxylation sites is 1. The van der Waals surface area contributed by atoms with Crippen molar-refractivity contribution in [3.63, 3.8) is 0 Å². The van der Waals surface area contributed by atoms with Crippen molar-refractivity contribution in [3.8, 4) is 22.9 Å². The normalized spacial score (nSPS) is 10.7. The predicted octanol–water partition coefficient (Wildman–Crippen LogP) is 2.21. The smallest absolute Gasteiger partial charge is 0.205 e. The van der Waals surface area contributed by atoms with Crippen LogP contribution in [0.3, 0.4) is 0 Å². The summed E-state index contributed by atoms with van der Waals surface area (Å²) in [6, 6.07) is 9.59. The van der Waals surface area contributed by atoms with Gasteiger partial charge in [-0.2, -0.15) is 14.9 Å². The van der Waals surface area contributed by atoms with E-state index in [2.05, 4.69) is 22.2 Å². The Morgan fingerprint density at radius 3 is 2.78 bits per heavy atom. The van der Waals surface area contributed by atoms with Gasteiger partial charge in [-0.05, 0) is 12.5 Å². The number of nitriles is 1. The van der Waals surface area contributed by atoms with Gasteiger partial charge in [0, 0.05) is 5.56 Å². The lowest BCUT2D eigenvalue weighted by molar-refractivity contribution is 0.416. The first-order chi connectivity index (χ1) is 11.2. The Morgan fingerprint density at radius 2 is 2.09 bits per heavy atom. The number of nitrogens with two attached hydrogens (primary N) is 1. The van der Waals surface area contributed by atoms with Crippen LogP contribution in [0.4, 0.5) is 5.82 Å². The fraction of sp³-hybridized carbons (Fsp3) is 0.250. The number of nitrogens with zero attached hydrogens (tertiary/aromatic N) is 5. The molecule has 116 valence electrons. The number of rotatable bonds is 4. The van der Waals surface area contributed by atoms with E-state index < -0.39 is 0 Å². The Bertz CT molecular complexity index is 909. The second kappa shape index (κ2) is 5.93. The molecule has 0 radical (unpaired) electrons. The van der Waals surface area contributed by atoms with E-state index in [9.17, 15) is 0 Å². The molecule has 2 heterocycles. The van der Waals surface area contributed by atoms with Crippen molar-refractivity contribution in [2.45, 2.75) is 19.8 Å². The lowest BCUT2D eigenvalue weighted by Gasteiger charge is -2.08. The van der Waals surface area contributed by atoms with Gasteiger partial charge in [0.15, 0.2) is 11.5 Å². The molecule has 0 saturated carbocycles. The number of ether oxygens (including phenoxy) is 1. The highest BCUT2D eigenvalue weighted by molar-refractivity contribution is 5.84. The molecule has 2 N–H and O–H groups in total. The number of methoxy groups -OCH3 is 1. The minimum atomic E-state index is 0.0645. The summed E-state index contributed by atoms with van der Waals surface area (Å²) < 4.78 is 6.94. The molecule has 0 unspecified atom stereocenters. The zero-order valence-corrected chi connectivity index (χ0v) is 12.9. The number of fused-ring (bicyclic) bond motifs is 1. The van der Waals surface area contributed by atoms with E-state index in [0.717, 1.165) is 35.4 Å². The first-order valence-electron chi connectivity index (χ1n) is 7.28. The Morgan fingerprint density at radius 1 is 1.30 bits per heavy atom. The van der Waals surface area contributed by atoms with Gasteiger partial charge in [0.2, 0.25) is 5.69 Å². The van der Waals surface area contributed by atoms with E-state index in [0.29, 0.717) is 5.65 Å². The lowest BCUT2D eigenvalue weighted by atomic mass is 10.0. The van der Waals surface area contributed by atoms with Gasteiger partial charge < -0.3 is 10.5 Å². The molecule has 7 nitrogen and oxygen atoms in total. The quantitative estimate of drug-likeness (QED) is 0.792. The van der Waals surface area contributed by atoms with Crippen LogP contribution in [0.1, 0.15) is 24.7 Å². The molecule has 0 fully saturated rings. The largest absolute Gasteiger partial charge is 0.496 e. The Hall–Kier alpha value is -3.14. The average molecular weight is 308 g/mol. The minimum absolute atomic E-state index is 0.0645. The number of nitrogen functional groups attached to an aromatic ring is 1. The minimum Gasteiger partial charge on any atom is -0.496 e. The molecule has 0 spiro atoms. The van der Waals surface area contributed by atoms with Crippen molar-refractivity contribution in [3.05, 3.63) is 35.7 Å². The summed E-state index contributed by atoms with van der Waals surface area (Å²) >= 11 is 0. The maximum atomic E-state index is 9.06. The number of anilines is 1.